The Morgan fingerprint density at radius 2 is 2.33 bits per heavy atom. The number of fused-ring (bicyclic) bond motifs is 1. The fraction of sp³-hybridized carbons (Fsp3) is 0.300. The first-order valence-electron chi connectivity index (χ1n) is 4.65. The largest absolute Gasteiger partial charge is 0.267 e. The zero-order valence-corrected chi connectivity index (χ0v) is 8.51. The monoisotopic (exact) mass is 202 g/mol. The Bertz CT molecular complexity index is 537. The predicted octanol–water partition coefficient (Wildman–Crippen LogP) is 1.82. The number of hydrogen-bond donors (Lipinski definition) is 0. The molecule has 0 saturated heterocycles. The molecule has 15 heavy (non-hydrogen) atoms. The average molecular weight is 202 g/mol. The summed E-state index contributed by atoms with van der Waals surface area (Å²) in [4.78, 5) is 22.4. The Balaban J connectivity index is 2.80. The van der Waals surface area contributed by atoms with E-state index < -0.39 is 0 Å². The zero-order valence-electron chi connectivity index (χ0n) is 8.51. The van der Waals surface area contributed by atoms with Crippen molar-refractivity contribution in [1.82, 2.24) is 14.4 Å². The van der Waals surface area contributed by atoms with Crippen molar-refractivity contribution in [3.63, 3.8) is 0 Å². The van der Waals surface area contributed by atoms with Crippen LogP contribution in [0, 0.1) is 0 Å². The first-order valence-corrected chi connectivity index (χ1v) is 4.65. The van der Waals surface area contributed by atoms with E-state index in [9.17, 15) is 4.79 Å². The van der Waals surface area contributed by atoms with E-state index in [2.05, 4.69) is 15.0 Å². The summed E-state index contributed by atoms with van der Waals surface area (Å²) < 4.78 is 1.68. The van der Waals surface area contributed by atoms with Crippen molar-refractivity contribution in [2.24, 2.45) is 4.99 Å². The second-order valence-electron chi connectivity index (χ2n) is 3.47. The van der Waals surface area contributed by atoms with Gasteiger partial charge in [0.2, 0.25) is 11.9 Å². The van der Waals surface area contributed by atoms with Gasteiger partial charge in [0.05, 0.1) is 5.69 Å². The molecule has 0 saturated carbocycles. The van der Waals surface area contributed by atoms with Gasteiger partial charge in [-0.1, -0.05) is 13.8 Å². The second-order valence-corrected chi connectivity index (χ2v) is 3.47. The molecule has 0 bridgehead atoms. The van der Waals surface area contributed by atoms with Gasteiger partial charge in [0.15, 0.2) is 5.82 Å². The third-order valence-electron chi connectivity index (χ3n) is 2.10. The Morgan fingerprint density at radius 3 is 3.00 bits per heavy atom. The van der Waals surface area contributed by atoms with E-state index in [1.807, 2.05) is 13.8 Å². The lowest BCUT2D eigenvalue weighted by Crippen LogP contribution is -1.87. The first kappa shape index (κ1) is 9.55. The maximum atomic E-state index is 10.3. The molecule has 0 aliphatic carbocycles. The van der Waals surface area contributed by atoms with Crippen LogP contribution in [-0.2, 0) is 4.79 Å². The lowest BCUT2D eigenvalue weighted by molar-refractivity contribution is 0.565. The van der Waals surface area contributed by atoms with Gasteiger partial charge in [0.1, 0.15) is 0 Å². The first-order chi connectivity index (χ1) is 7.24. The molecule has 0 amide bonds. The summed E-state index contributed by atoms with van der Waals surface area (Å²) in [5, 5.41) is 0. The summed E-state index contributed by atoms with van der Waals surface area (Å²) in [7, 11) is 0. The number of aromatic nitrogens is 3. The molecule has 2 aromatic rings. The standard InChI is InChI=1S/C10H10N4O/c1-7(2)8-9(12-6-15)14-5-3-4-11-10(14)13-8/h3-5,7H,1-2H3. The van der Waals surface area contributed by atoms with E-state index in [0.29, 0.717) is 11.6 Å². The number of nitrogens with zero attached hydrogens (tertiary/aromatic N) is 4. The van der Waals surface area contributed by atoms with E-state index >= 15 is 0 Å². The second kappa shape index (κ2) is 3.63. The highest BCUT2D eigenvalue weighted by atomic mass is 16.1. The molecule has 0 N–H and O–H groups in total. The van der Waals surface area contributed by atoms with Gasteiger partial charge in [-0.15, -0.1) is 4.99 Å². The van der Waals surface area contributed by atoms with Crippen molar-refractivity contribution in [3.05, 3.63) is 24.2 Å². The lowest BCUT2D eigenvalue weighted by Gasteiger charge is -1.99. The summed E-state index contributed by atoms with van der Waals surface area (Å²) >= 11 is 0. The smallest absolute Gasteiger partial charge is 0.242 e. The average Bonchev–Trinajstić information content (AvgIpc) is 2.58. The summed E-state index contributed by atoms with van der Waals surface area (Å²) in [6.45, 7) is 3.98. The predicted molar refractivity (Wildman–Crippen MR) is 54.9 cm³/mol. The fourth-order valence-corrected chi connectivity index (χ4v) is 1.43. The number of carbonyl (C=O) groups excluding carboxylic acids is 1. The SMILES string of the molecule is CC(C)c1nc2ncccn2c1N=C=O. The quantitative estimate of drug-likeness (QED) is 0.551. The highest BCUT2D eigenvalue weighted by molar-refractivity contribution is 5.54. The molecule has 2 heterocycles. The molecule has 5 nitrogen and oxygen atoms in total. The maximum absolute atomic E-state index is 10.3. The molecular formula is C10H10N4O. The summed E-state index contributed by atoms with van der Waals surface area (Å²) in [6.07, 6.45) is 4.97. The minimum absolute atomic E-state index is 0.193. The van der Waals surface area contributed by atoms with Crippen LogP contribution in [0.2, 0.25) is 0 Å². The molecular weight excluding hydrogens is 192 g/mol. The highest BCUT2D eigenvalue weighted by Crippen LogP contribution is 2.26. The van der Waals surface area contributed by atoms with Crippen molar-refractivity contribution in [3.8, 4) is 0 Å². The minimum atomic E-state index is 0.193. The molecule has 2 aromatic heterocycles. The molecule has 2 rings (SSSR count). The van der Waals surface area contributed by atoms with Crippen LogP contribution in [0.4, 0.5) is 5.82 Å². The molecule has 0 aliphatic heterocycles. The third kappa shape index (κ3) is 1.53. The minimum Gasteiger partial charge on any atom is -0.267 e. The molecule has 0 atom stereocenters. The molecule has 0 spiro atoms. The fourth-order valence-electron chi connectivity index (χ4n) is 1.43. The molecule has 0 fully saturated rings. The van der Waals surface area contributed by atoms with Gasteiger partial charge >= 0.3 is 0 Å². The highest BCUT2D eigenvalue weighted by Gasteiger charge is 2.14. The van der Waals surface area contributed by atoms with E-state index in [0.717, 1.165) is 5.69 Å². The number of isocyanates is 1. The normalized spacial score (nSPS) is 10.6. The van der Waals surface area contributed by atoms with E-state index in [1.165, 1.54) is 0 Å². The Morgan fingerprint density at radius 1 is 1.53 bits per heavy atom. The molecule has 0 radical (unpaired) electrons. The van der Waals surface area contributed by atoms with Crippen molar-refractivity contribution in [2.75, 3.05) is 0 Å². The van der Waals surface area contributed by atoms with Gasteiger partial charge in [0, 0.05) is 12.4 Å². The van der Waals surface area contributed by atoms with Crippen molar-refractivity contribution < 1.29 is 4.79 Å². The molecule has 0 unspecified atom stereocenters. The summed E-state index contributed by atoms with van der Waals surface area (Å²) in [5.74, 6) is 1.26. The Hall–Kier alpha value is -2.00. The van der Waals surface area contributed by atoms with Crippen LogP contribution < -0.4 is 0 Å². The van der Waals surface area contributed by atoms with Crippen molar-refractivity contribution in [2.45, 2.75) is 19.8 Å². The summed E-state index contributed by atoms with van der Waals surface area (Å²) in [5.41, 5.74) is 0.761. The van der Waals surface area contributed by atoms with Gasteiger partial charge in [-0.05, 0) is 12.0 Å². The Kier molecular flexibility index (Phi) is 2.31. The summed E-state index contributed by atoms with van der Waals surface area (Å²) in [6, 6.07) is 1.77. The maximum Gasteiger partial charge on any atom is 0.242 e. The van der Waals surface area contributed by atoms with Crippen LogP contribution >= 0.6 is 0 Å². The Labute approximate surface area is 86.5 Å². The van der Waals surface area contributed by atoms with Gasteiger partial charge in [-0.2, -0.15) is 0 Å². The number of imidazole rings is 1. The van der Waals surface area contributed by atoms with Crippen LogP contribution in [0.3, 0.4) is 0 Å². The molecule has 76 valence electrons. The van der Waals surface area contributed by atoms with Gasteiger partial charge in [-0.25, -0.2) is 14.8 Å². The van der Waals surface area contributed by atoms with Gasteiger partial charge in [-0.3, -0.25) is 4.40 Å². The van der Waals surface area contributed by atoms with Crippen LogP contribution in [0.5, 0.6) is 0 Å². The third-order valence-corrected chi connectivity index (χ3v) is 2.10. The van der Waals surface area contributed by atoms with Crippen molar-refractivity contribution in [1.29, 1.82) is 0 Å². The van der Waals surface area contributed by atoms with Crippen LogP contribution in [0.15, 0.2) is 23.5 Å². The number of aliphatic imine (C=N–C) groups is 1. The van der Waals surface area contributed by atoms with E-state index in [-0.39, 0.29) is 5.92 Å². The van der Waals surface area contributed by atoms with Crippen molar-refractivity contribution >= 4 is 17.7 Å². The van der Waals surface area contributed by atoms with Gasteiger partial charge < -0.3 is 0 Å². The molecule has 0 aliphatic rings. The van der Waals surface area contributed by atoms with E-state index in [4.69, 9.17) is 0 Å². The number of hydrogen-bond acceptors (Lipinski definition) is 4. The topological polar surface area (TPSA) is 59.6 Å². The van der Waals surface area contributed by atoms with Crippen LogP contribution in [-0.4, -0.2) is 20.4 Å². The van der Waals surface area contributed by atoms with E-state index in [1.54, 1.807) is 28.9 Å². The lowest BCUT2D eigenvalue weighted by atomic mass is 10.1. The van der Waals surface area contributed by atoms with Crippen LogP contribution in [0.25, 0.3) is 5.78 Å². The number of rotatable bonds is 2. The molecule has 5 heteroatoms. The van der Waals surface area contributed by atoms with Gasteiger partial charge in [0.25, 0.3) is 0 Å². The van der Waals surface area contributed by atoms with Crippen LogP contribution in [0.1, 0.15) is 25.5 Å². The molecule has 0 aromatic carbocycles. The zero-order chi connectivity index (χ0) is 10.8.